The van der Waals surface area contributed by atoms with Crippen molar-refractivity contribution in [3.63, 3.8) is 0 Å². The van der Waals surface area contributed by atoms with Gasteiger partial charge < -0.3 is 4.79 Å². The zero-order valence-electron chi connectivity index (χ0n) is 5.48. The highest BCUT2D eigenvalue weighted by Crippen LogP contribution is 2.44. The summed E-state index contributed by atoms with van der Waals surface area (Å²) in [7, 11) is 0. The summed E-state index contributed by atoms with van der Waals surface area (Å²) in [5, 5.41) is -0.601. The van der Waals surface area contributed by atoms with Gasteiger partial charge in [-0.05, 0) is 47.8 Å². The number of halogens is 4. The Morgan fingerprint density at radius 1 is 1.33 bits per heavy atom. The van der Waals surface area contributed by atoms with Crippen LogP contribution in [0.4, 0.5) is 0 Å². The van der Waals surface area contributed by atoms with Crippen LogP contribution in [0, 0.1) is 0 Å². The van der Waals surface area contributed by atoms with E-state index in [2.05, 4.69) is 47.8 Å². The Hall–Kier alpha value is 1.10. The van der Waals surface area contributed by atoms with Crippen LogP contribution in [0.25, 0.3) is 0 Å². The van der Waals surface area contributed by atoms with Crippen LogP contribution in [0.15, 0.2) is 12.0 Å². The number of alkyl halides is 1. The quantitative estimate of drug-likeness (QED) is 0.530. The van der Waals surface area contributed by atoms with Crippen molar-refractivity contribution in [3.05, 3.63) is 17.6 Å². The topological polar surface area (TPSA) is 17.1 Å². The molecule has 0 bridgehead atoms. The van der Waals surface area contributed by atoms with E-state index in [1.165, 1.54) is 11.3 Å². The van der Waals surface area contributed by atoms with Crippen molar-refractivity contribution in [2.45, 2.75) is 5.38 Å². The van der Waals surface area contributed by atoms with Crippen molar-refractivity contribution in [1.29, 1.82) is 0 Å². The minimum Gasteiger partial charge on any atom is -0.301 e. The Kier molecular flexibility index (Phi) is 4.24. The van der Waals surface area contributed by atoms with Gasteiger partial charge in [0.05, 0.1) is 7.57 Å². The van der Waals surface area contributed by atoms with Gasteiger partial charge in [-0.1, -0.05) is 0 Å². The monoisotopic (exact) mass is 394 g/mol. The maximum atomic E-state index is 10.4. The SMILES string of the molecule is O=CC(Cl)c1c(Br)sc(Br)c1Br. The summed E-state index contributed by atoms with van der Waals surface area (Å²) in [6, 6.07) is 0. The highest BCUT2D eigenvalue weighted by atomic mass is 79.9. The average Bonchev–Trinajstić information content (AvgIpc) is 2.26. The molecule has 0 aliphatic rings. The third-order valence-electron chi connectivity index (χ3n) is 1.20. The van der Waals surface area contributed by atoms with E-state index in [-0.39, 0.29) is 0 Å². The lowest BCUT2D eigenvalue weighted by molar-refractivity contribution is -0.107. The molecule has 0 saturated carbocycles. The summed E-state index contributed by atoms with van der Waals surface area (Å²) in [5.74, 6) is 0. The molecule has 0 N–H and O–H groups in total. The summed E-state index contributed by atoms with van der Waals surface area (Å²) < 4.78 is 2.64. The van der Waals surface area contributed by atoms with E-state index in [1.807, 2.05) is 0 Å². The predicted molar refractivity (Wildman–Crippen MR) is 62.1 cm³/mol. The van der Waals surface area contributed by atoms with Crippen molar-refractivity contribution in [3.8, 4) is 0 Å². The fourth-order valence-electron chi connectivity index (χ4n) is 0.668. The van der Waals surface area contributed by atoms with E-state index >= 15 is 0 Å². The summed E-state index contributed by atoms with van der Waals surface area (Å²) >= 11 is 17.2. The van der Waals surface area contributed by atoms with Gasteiger partial charge in [-0.15, -0.1) is 22.9 Å². The van der Waals surface area contributed by atoms with E-state index in [1.54, 1.807) is 0 Å². The van der Waals surface area contributed by atoms with E-state index in [0.717, 1.165) is 17.6 Å². The first kappa shape index (κ1) is 11.2. The third kappa shape index (κ3) is 2.12. The maximum absolute atomic E-state index is 10.4. The minimum atomic E-state index is -0.601. The molecule has 0 spiro atoms. The second-order valence-electron chi connectivity index (χ2n) is 1.91. The molecule has 6 heteroatoms. The van der Waals surface area contributed by atoms with Crippen LogP contribution in [0.1, 0.15) is 10.9 Å². The molecule has 1 unspecified atom stereocenters. The lowest BCUT2D eigenvalue weighted by Gasteiger charge is -1.99. The van der Waals surface area contributed by atoms with Gasteiger partial charge in [-0.25, -0.2) is 0 Å². The Morgan fingerprint density at radius 2 is 1.92 bits per heavy atom. The van der Waals surface area contributed by atoms with Crippen molar-refractivity contribution in [2.75, 3.05) is 0 Å². The molecule has 12 heavy (non-hydrogen) atoms. The Labute approximate surface area is 104 Å². The van der Waals surface area contributed by atoms with Gasteiger partial charge in [0.15, 0.2) is 0 Å². The fraction of sp³-hybridized carbons (Fsp3) is 0.167. The first-order chi connectivity index (χ1) is 5.57. The standard InChI is InChI=1S/C6H2Br3ClOS/c7-4-3(2(10)1-11)5(8)12-6(4)9/h1-2H. The van der Waals surface area contributed by atoms with Crippen molar-refractivity contribution < 1.29 is 4.79 Å². The van der Waals surface area contributed by atoms with Crippen LogP contribution < -0.4 is 0 Å². The molecule has 1 nitrogen and oxygen atoms in total. The molecule has 0 saturated heterocycles. The molecule has 1 heterocycles. The molecule has 0 aliphatic heterocycles. The zero-order valence-corrected chi connectivity index (χ0v) is 11.8. The summed E-state index contributed by atoms with van der Waals surface area (Å²) in [4.78, 5) is 10.4. The molecular weight excluding hydrogens is 395 g/mol. The van der Waals surface area contributed by atoms with Crippen LogP contribution >= 0.6 is 70.7 Å². The van der Waals surface area contributed by atoms with Crippen LogP contribution in [-0.2, 0) is 4.79 Å². The molecule has 1 atom stereocenters. The zero-order chi connectivity index (χ0) is 9.30. The van der Waals surface area contributed by atoms with Gasteiger partial charge >= 0.3 is 0 Å². The molecule has 66 valence electrons. The molecular formula is C6H2Br3ClOS. The van der Waals surface area contributed by atoms with E-state index < -0.39 is 5.38 Å². The minimum absolute atomic E-state index is 0.601. The van der Waals surface area contributed by atoms with Gasteiger partial charge in [0.1, 0.15) is 11.7 Å². The van der Waals surface area contributed by atoms with Gasteiger partial charge in [0, 0.05) is 10.0 Å². The van der Waals surface area contributed by atoms with Crippen LogP contribution in [0.3, 0.4) is 0 Å². The molecule has 1 rings (SSSR count). The van der Waals surface area contributed by atoms with Crippen LogP contribution in [0.5, 0.6) is 0 Å². The molecule has 0 aliphatic carbocycles. The van der Waals surface area contributed by atoms with Crippen molar-refractivity contribution in [1.82, 2.24) is 0 Å². The summed E-state index contributed by atoms with van der Waals surface area (Å²) in [6.45, 7) is 0. The first-order valence-electron chi connectivity index (χ1n) is 2.80. The number of thiophene rings is 1. The lowest BCUT2D eigenvalue weighted by atomic mass is 10.3. The average molecular weight is 397 g/mol. The van der Waals surface area contributed by atoms with Gasteiger partial charge in [0.25, 0.3) is 0 Å². The van der Waals surface area contributed by atoms with Gasteiger partial charge in [-0.3, -0.25) is 0 Å². The Balaban J connectivity index is 3.21. The smallest absolute Gasteiger partial charge is 0.142 e. The lowest BCUT2D eigenvalue weighted by Crippen LogP contribution is -1.90. The molecule has 0 amide bonds. The number of rotatable bonds is 2. The van der Waals surface area contributed by atoms with Gasteiger partial charge in [-0.2, -0.15) is 0 Å². The fourth-order valence-corrected chi connectivity index (χ4v) is 5.28. The summed E-state index contributed by atoms with van der Waals surface area (Å²) in [6.07, 6.45) is 0.700. The first-order valence-corrected chi connectivity index (χ1v) is 6.43. The Morgan fingerprint density at radius 3 is 2.25 bits per heavy atom. The highest BCUT2D eigenvalue weighted by Gasteiger charge is 2.19. The number of hydrogen-bond donors (Lipinski definition) is 0. The molecule has 1 aromatic rings. The number of hydrogen-bond acceptors (Lipinski definition) is 2. The normalized spacial score (nSPS) is 13.0. The molecule has 0 aromatic carbocycles. The van der Waals surface area contributed by atoms with E-state index in [0.29, 0.717) is 6.29 Å². The Bertz CT molecular complexity index is 312. The molecule has 0 radical (unpaired) electrons. The largest absolute Gasteiger partial charge is 0.301 e. The highest BCUT2D eigenvalue weighted by molar-refractivity contribution is 9.14. The second-order valence-corrected chi connectivity index (χ2v) is 6.83. The molecule has 0 fully saturated rings. The number of aldehydes is 1. The van der Waals surface area contributed by atoms with Crippen molar-refractivity contribution >= 4 is 77.0 Å². The predicted octanol–water partition coefficient (Wildman–Crippen LogP) is 4.51. The van der Waals surface area contributed by atoms with E-state index in [4.69, 9.17) is 11.6 Å². The van der Waals surface area contributed by atoms with Crippen LogP contribution in [-0.4, -0.2) is 6.29 Å². The van der Waals surface area contributed by atoms with Gasteiger partial charge in [0.2, 0.25) is 0 Å². The number of carbonyl (C=O) groups is 1. The third-order valence-corrected chi connectivity index (χ3v) is 5.71. The molecule has 1 aromatic heterocycles. The van der Waals surface area contributed by atoms with E-state index in [9.17, 15) is 4.79 Å². The number of carbonyl (C=O) groups excluding carboxylic acids is 1. The van der Waals surface area contributed by atoms with Crippen molar-refractivity contribution in [2.24, 2.45) is 0 Å². The summed E-state index contributed by atoms with van der Waals surface area (Å²) in [5.41, 5.74) is 0.781. The second kappa shape index (κ2) is 4.55. The van der Waals surface area contributed by atoms with Crippen LogP contribution in [0.2, 0.25) is 0 Å². The maximum Gasteiger partial charge on any atom is 0.142 e.